The summed E-state index contributed by atoms with van der Waals surface area (Å²) in [4.78, 5) is 7.49. The van der Waals surface area contributed by atoms with Crippen LogP contribution in [0.5, 0.6) is 0 Å². The number of H-pyrrole nitrogens is 1. The summed E-state index contributed by atoms with van der Waals surface area (Å²) in [5, 5.41) is 0. The van der Waals surface area contributed by atoms with Gasteiger partial charge in [0.15, 0.2) is 0 Å². The van der Waals surface area contributed by atoms with Crippen LogP contribution in [0.4, 0.5) is 4.39 Å². The number of nitrogens with zero attached hydrogens (tertiary/aromatic N) is 1. The summed E-state index contributed by atoms with van der Waals surface area (Å²) in [6, 6.07) is 4.56. The zero-order chi connectivity index (χ0) is 10.3. The van der Waals surface area contributed by atoms with Crippen molar-refractivity contribution in [2.45, 2.75) is 18.9 Å². The zero-order valence-electron chi connectivity index (χ0n) is 8.16. The molecule has 1 unspecified atom stereocenters. The third kappa shape index (κ3) is 1.51. The van der Waals surface area contributed by atoms with Crippen molar-refractivity contribution in [3.8, 4) is 0 Å². The normalized spacial score (nSPS) is 21.3. The lowest BCUT2D eigenvalue weighted by Gasteiger charge is -2.03. The molecule has 15 heavy (non-hydrogen) atoms. The highest BCUT2D eigenvalue weighted by molar-refractivity contribution is 5.75. The predicted molar refractivity (Wildman–Crippen MR) is 54.0 cm³/mol. The smallest absolute Gasteiger partial charge is 0.136 e. The number of halogens is 1. The molecule has 1 saturated heterocycles. The maximum Gasteiger partial charge on any atom is 0.136 e. The van der Waals surface area contributed by atoms with Gasteiger partial charge in [-0.2, -0.15) is 0 Å². The van der Waals surface area contributed by atoms with Crippen molar-refractivity contribution in [2.24, 2.45) is 0 Å². The van der Waals surface area contributed by atoms with Crippen molar-refractivity contribution in [3.63, 3.8) is 0 Å². The van der Waals surface area contributed by atoms with E-state index >= 15 is 0 Å². The summed E-state index contributed by atoms with van der Waals surface area (Å²) in [6.45, 7) is 0.788. The van der Waals surface area contributed by atoms with E-state index < -0.39 is 0 Å². The van der Waals surface area contributed by atoms with Crippen molar-refractivity contribution < 1.29 is 9.13 Å². The maximum absolute atomic E-state index is 12.9. The second-order valence-electron chi connectivity index (χ2n) is 3.79. The van der Waals surface area contributed by atoms with Crippen molar-refractivity contribution in [2.75, 3.05) is 6.61 Å². The molecule has 1 aromatic carbocycles. The van der Waals surface area contributed by atoms with Gasteiger partial charge in [-0.05, 0) is 31.0 Å². The molecule has 3 rings (SSSR count). The number of hydrogen-bond donors (Lipinski definition) is 1. The molecule has 0 saturated carbocycles. The standard InChI is InChI=1S/C11H11FN2O/c12-7-3-4-8-9(6-7)14-11(13-8)10-2-1-5-15-10/h3-4,6,10H,1-2,5H2,(H,13,14). The quantitative estimate of drug-likeness (QED) is 0.778. The van der Waals surface area contributed by atoms with E-state index in [0.29, 0.717) is 0 Å². The number of imidazole rings is 1. The molecule has 0 aliphatic carbocycles. The number of hydrogen-bond acceptors (Lipinski definition) is 2. The minimum atomic E-state index is -0.245. The fraction of sp³-hybridized carbons (Fsp3) is 0.364. The Morgan fingerprint density at radius 2 is 2.40 bits per heavy atom. The average molecular weight is 206 g/mol. The van der Waals surface area contributed by atoms with E-state index in [1.54, 1.807) is 6.07 Å². The zero-order valence-corrected chi connectivity index (χ0v) is 8.16. The summed E-state index contributed by atoms with van der Waals surface area (Å²) in [5.74, 6) is 0.568. The molecular formula is C11H11FN2O. The van der Waals surface area contributed by atoms with Crippen LogP contribution in [0, 0.1) is 5.82 Å². The summed E-state index contributed by atoms with van der Waals surface area (Å²) >= 11 is 0. The second kappa shape index (κ2) is 3.31. The molecular weight excluding hydrogens is 195 g/mol. The molecule has 0 radical (unpaired) electrons. The van der Waals surface area contributed by atoms with Gasteiger partial charge in [0, 0.05) is 6.61 Å². The Morgan fingerprint density at radius 3 is 3.20 bits per heavy atom. The number of ether oxygens (including phenoxy) is 1. The van der Waals surface area contributed by atoms with Gasteiger partial charge >= 0.3 is 0 Å². The molecule has 78 valence electrons. The van der Waals surface area contributed by atoms with Crippen LogP contribution in [0.15, 0.2) is 18.2 Å². The molecule has 2 aromatic rings. The third-order valence-electron chi connectivity index (χ3n) is 2.70. The van der Waals surface area contributed by atoms with Crippen molar-refractivity contribution in [1.29, 1.82) is 0 Å². The first-order chi connectivity index (χ1) is 7.33. The molecule has 1 aliphatic rings. The van der Waals surface area contributed by atoms with Crippen LogP contribution in [0.1, 0.15) is 24.8 Å². The monoisotopic (exact) mass is 206 g/mol. The number of nitrogens with one attached hydrogen (secondary N) is 1. The first kappa shape index (κ1) is 8.85. The molecule has 4 heteroatoms. The van der Waals surface area contributed by atoms with E-state index in [1.165, 1.54) is 12.1 Å². The van der Waals surface area contributed by atoms with Gasteiger partial charge in [0.1, 0.15) is 17.7 Å². The molecule has 0 amide bonds. The van der Waals surface area contributed by atoms with Crippen LogP contribution in [-0.4, -0.2) is 16.6 Å². The van der Waals surface area contributed by atoms with E-state index in [0.717, 1.165) is 36.3 Å². The molecule has 1 aromatic heterocycles. The number of fused-ring (bicyclic) bond motifs is 1. The lowest BCUT2D eigenvalue weighted by Crippen LogP contribution is -1.97. The Labute approximate surface area is 86.3 Å². The van der Waals surface area contributed by atoms with Gasteiger partial charge in [-0.1, -0.05) is 0 Å². The molecule has 1 aliphatic heterocycles. The molecule has 3 nitrogen and oxygen atoms in total. The van der Waals surface area contributed by atoms with Gasteiger partial charge in [0.05, 0.1) is 11.0 Å². The second-order valence-corrected chi connectivity index (χ2v) is 3.79. The largest absolute Gasteiger partial charge is 0.370 e. The Kier molecular flexibility index (Phi) is 1.95. The highest BCUT2D eigenvalue weighted by atomic mass is 19.1. The topological polar surface area (TPSA) is 37.9 Å². The summed E-state index contributed by atoms with van der Waals surface area (Å²) in [5.41, 5.74) is 1.53. The van der Waals surface area contributed by atoms with Gasteiger partial charge in [0.25, 0.3) is 0 Å². The fourth-order valence-corrected chi connectivity index (χ4v) is 1.95. The molecule has 1 N–H and O–H groups in total. The Bertz CT molecular complexity index is 488. The lowest BCUT2D eigenvalue weighted by molar-refractivity contribution is 0.106. The summed E-state index contributed by atoms with van der Waals surface area (Å²) in [7, 11) is 0. The van der Waals surface area contributed by atoms with E-state index in [1.807, 2.05) is 0 Å². The van der Waals surface area contributed by atoms with Gasteiger partial charge in [-0.3, -0.25) is 0 Å². The SMILES string of the molecule is Fc1ccc2nc(C3CCCO3)[nH]c2c1. The first-order valence-electron chi connectivity index (χ1n) is 5.10. The van der Waals surface area contributed by atoms with Crippen LogP contribution in [-0.2, 0) is 4.74 Å². The lowest BCUT2D eigenvalue weighted by atomic mass is 10.2. The number of benzene rings is 1. The van der Waals surface area contributed by atoms with Crippen LogP contribution in [0.25, 0.3) is 11.0 Å². The highest BCUT2D eigenvalue weighted by Crippen LogP contribution is 2.27. The minimum absolute atomic E-state index is 0.0560. The number of aromatic nitrogens is 2. The first-order valence-corrected chi connectivity index (χ1v) is 5.10. The Balaban J connectivity index is 2.05. The molecule has 2 heterocycles. The highest BCUT2D eigenvalue weighted by Gasteiger charge is 2.20. The van der Waals surface area contributed by atoms with Gasteiger partial charge in [-0.25, -0.2) is 9.37 Å². The molecule has 1 atom stereocenters. The van der Waals surface area contributed by atoms with Gasteiger partial charge < -0.3 is 9.72 Å². The molecule has 1 fully saturated rings. The van der Waals surface area contributed by atoms with Crippen molar-refractivity contribution in [1.82, 2.24) is 9.97 Å². The minimum Gasteiger partial charge on any atom is -0.370 e. The molecule has 0 bridgehead atoms. The third-order valence-corrected chi connectivity index (χ3v) is 2.70. The molecule has 0 spiro atoms. The predicted octanol–water partition coefficient (Wildman–Crippen LogP) is 2.55. The summed E-state index contributed by atoms with van der Waals surface area (Å²) in [6.07, 6.45) is 2.11. The van der Waals surface area contributed by atoms with Crippen LogP contribution in [0.3, 0.4) is 0 Å². The van der Waals surface area contributed by atoms with E-state index in [2.05, 4.69) is 9.97 Å². The van der Waals surface area contributed by atoms with E-state index in [9.17, 15) is 4.39 Å². The van der Waals surface area contributed by atoms with Crippen LogP contribution >= 0.6 is 0 Å². The Morgan fingerprint density at radius 1 is 1.47 bits per heavy atom. The Hall–Kier alpha value is -1.42. The number of aromatic amines is 1. The van der Waals surface area contributed by atoms with E-state index in [-0.39, 0.29) is 11.9 Å². The summed E-state index contributed by atoms with van der Waals surface area (Å²) < 4.78 is 18.5. The van der Waals surface area contributed by atoms with Crippen LogP contribution in [0.2, 0.25) is 0 Å². The van der Waals surface area contributed by atoms with E-state index in [4.69, 9.17) is 4.74 Å². The van der Waals surface area contributed by atoms with Gasteiger partial charge in [-0.15, -0.1) is 0 Å². The van der Waals surface area contributed by atoms with Gasteiger partial charge in [0.2, 0.25) is 0 Å². The maximum atomic E-state index is 12.9. The average Bonchev–Trinajstić information content (AvgIpc) is 2.84. The van der Waals surface area contributed by atoms with Crippen molar-refractivity contribution >= 4 is 11.0 Å². The van der Waals surface area contributed by atoms with Crippen LogP contribution < -0.4 is 0 Å². The number of rotatable bonds is 1. The van der Waals surface area contributed by atoms with Crippen molar-refractivity contribution in [3.05, 3.63) is 29.8 Å². The fourth-order valence-electron chi connectivity index (χ4n) is 1.95.